The molecule has 0 bridgehead atoms. The molecule has 2 aromatic rings. The molecule has 0 spiro atoms. The van der Waals surface area contributed by atoms with Crippen molar-refractivity contribution in [2.45, 2.75) is 26.3 Å². The highest BCUT2D eigenvalue weighted by molar-refractivity contribution is 6.33. The summed E-state index contributed by atoms with van der Waals surface area (Å²) in [6, 6.07) is 12.9. The maximum atomic E-state index is 12.5. The number of hydrazone groups is 1. The molecule has 0 saturated heterocycles. The third kappa shape index (κ3) is 6.70. The number of carbonyl (C=O) groups is 2. The van der Waals surface area contributed by atoms with Crippen LogP contribution in [0.15, 0.2) is 53.6 Å². The van der Waals surface area contributed by atoms with Crippen LogP contribution in [0.25, 0.3) is 0 Å². The minimum Gasteiger partial charge on any atom is -0.340 e. The first kappa shape index (κ1) is 20.9. The van der Waals surface area contributed by atoms with Crippen molar-refractivity contribution >= 4 is 41.2 Å². The third-order valence-corrected chi connectivity index (χ3v) is 4.32. The minimum atomic E-state index is -0.712. The molecule has 0 heterocycles. The lowest BCUT2D eigenvalue weighted by atomic mass is 10.0. The Morgan fingerprint density at radius 2 is 1.74 bits per heavy atom. The van der Waals surface area contributed by atoms with E-state index in [1.54, 1.807) is 36.4 Å². The molecule has 5 nitrogen and oxygen atoms in total. The minimum absolute atomic E-state index is 0.207. The van der Waals surface area contributed by atoms with E-state index in [0.29, 0.717) is 27.6 Å². The van der Waals surface area contributed by atoms with Gasteiger partial charge in [-0.3, -0.25) is 9.59 Å². The van der Waals surface area contributed by atoms with Gasteiger partial charge in [-0.25, -0.2) is 5.43 Å². The van der Waals surface area contributed by atoms with Gasteiger partial charge in [0.25, 0.3) is 11.8 Å². The van der Waals surface area contributed by atoms with Gasteiger partial charge in [0.15, 0.2) is 0 Å². The maximum absolute atomic E-state index is 12.5. The zero-order valence-corrected chi connectivity index (χ0v) is 16.6. The molecule has 2 amide bonds. The summed E-state index contributed by atoms with van der Waals surface area (Å²) in [6.07, 6.45) is 1.94. The highest BCUT2D eigenvalue weighted by atomic mass is 35.5. The summed E-state index contributed by atoms with van der Waals surface area (Å²) in [5.74, 6) is -0.532. The molecular formula is C20H21Cl2N3O2. The first-order chi connectivity index (χ1) is 12.9. The second-order valence-electron chi connectivity index (χ2n) is 6.42. The Bertz CT molecular complexity index is 820. The van der Waals surface area contributed by atoms with Gasteiger partial charge in [0.05, 0.1) is 6.21 Å². The summed E-state index contributed by atoms with van der Waals surface area (Å²) in [5.41, 5.74) is 3.58. The van der Waals surface area contributed by atoms with Gasteiger partial charge in [-0.05, 0) is 42.7 Å². The van der Waals surface area contributed by atoms with E-state index in [0.717, 1.165) is 0 Å². The number of nitrogens with one attached hydrogen (secondary N) is 2. The second-order valence-corrected chi connectivity index (χ2v) is 7.26. The van der Waals surface area contributed by atoms with Crippen LogP contribution < -0.4 is 10.7 Å². The molecule has 2 rings (SSSR count). The average Bonchev–Trinajstić information content (AvgIpc) is 2.62. The largest absolute Gasteiger partial charge is 0.340 e. The standard InChI is InChI=1S/C20H21Cl2N3O2/c1-13(2)11-18(24-19(26)14-7-9-16(21)10-8-14)20(27)25-23-12-15-5-3-4-6-17(15)22/h3-10,12-13,18H,11H2,1-2H3,(H,24,26)(H,25,27)/b23-12+. The molecule has 0 radical (unpaired) electrons. The van der Waals surface area contributed by atoms with Gasteiger partial charge in [-0.15, -0.1) is 0 Å². The fraction of sp³-hybridized carbons (Fsp3) is 0.250. The molecule has 2 aromatic carbocycles. The number of hydrogen-bond acceptors (Lipinski definition) is 3. The molecule has 1 unspecified atom stereocenters. The number of carbonyl (C=O) groups excluding carboxylic acids is 2. The number of rotatable bonds is 7. The van der Waals surface area contributed by atoms with Crippen LogP contribution in [0.4, 0.5) is 0 Å². The number of hydrogen-bond donors (Lipinski definition) is 2. The molecule has 0 aliphatic rings. The summed E-state index contributed by atoms with van der Waals surface area (Å²) in [7, 11) is 0. The molecule has 27 heavy (non-hydrogen) atoms. The summed E-state index contributed by atoms with van der Waals surface area (Å²) in [6.45, 7) is 3.95. The Hall–Kier alpha value is -2.37. The van der Waals surface area contributed by atoms with E-state index < -0.39 is 11.9 Å². The van der Waals surface area contributed by atoms with Crippen molar-refractivity contribution in [3.63, 3.8) is 0 Å². The van der Waals surface area contributed by atoms with Crippen LogP contribution in [0.1, 0.15) is 36.2 Å². The lowest BCUT2D eigenvalue weighted by Gasteiger charge is -2.19. The molecule has 0 saturated carbocycles. The van der Waals surface area contributed by atoms with Crippen molar-refractivity contribution in [3.8, 4) is 0 Å². The fourth-order valence-electron chi connectivity index (χ4n) is 2.37. The van der Waals surface area contributed by atoms with E-state index in [1.807, 2.05) is 26.0 Å². The number of nitrogens with zero attached hydrogens (tertiary/aromatic N) is 1. The monoisotopic (exact) mass is 405 g/mol. The Labute approximate surface area is 168 Å². The first-order valence-corrected chi connectivity index (χ1v) is 9.26. The summed E-state index contributed by atoms with van der Waals surface area (Å²) >= 11 is 11.9. The van der Waals surface area contributed by atoms with Gasteiger partial charge < -0.3 is 5.32 Å². The van der Waals surface area contributed by atoms with Gasteiger partial charge in [0, 0.05) is 21.2 Å². The van der Waals surface area contributed by atoms with E-state index in [-0.39, 0.29) is 11.8 Å². The van der Waals surface area contributed by atoms with Crippen molar-refractivity contribution in [1.29, 1.82) is 0 Å². The van der Waals surface area contributed by atoms with Gasteiger partial charge in [-0.1, -0.05) is 55.2 Å². The topological polar surface area (TPSA) is 70.6 Å². The fourth-order valence-corrected chi connectivity index (χ4v) is 2.68. The van der Waals surface area contributed by atoms with Crippen LogP contribution in [-0.4, -0.2) is 24.1 Å². The highest BCUT2D eigenvalue weighted by Gasteiger charge is 2.22. The Kier molecular flexibility index (Phi) is 7.82. The summed E-state index contributed by atoms with van der Waals surface area (Å²) in [5, 5.41) is 7.77. The van der Waals surface area contributed by atoms with Crippen LogP contribution in [0, 0.1) is 5.92 Å². The van der Waals surface area contributed by atoms with E-state index >= 15 is 0 Å². The van der Waals surface area contributed by atoms with Crippen LogP contribution >= 0.6 is 23.2 Å². The lowest BCUT2D eigenvalue weighted by Crippen LogP contribution is -2.46. The van der Waals surface area contributed by atoms with Gasteiger partial charge in [-0.2, -0.15) is 5.10 Å². The van der Waals surface area contributed by atoms with E-state index in [2.05, 4.69) is 15.8 Å². The van der Waals surface area contributed by atoms with E-state index in [9.17, 15) is 9.59 Å². The Balaban J connectivity index is 2.03. The SMILES string of the molecule is CC(C)CC(NC(=O)c1ccc(Cl)cc1)C(=O)N/N=C/c1ccccc1Cl. The normalized spacial score (nSPS) is 12.2. The zero-order chi connectivity index (χ0) is 19.8. The van der Waals surface area contributed by atoms with Crippen LogP contribution in [0.3, 0.4) is 0 Å². The van der Waals surface area contributed by atoms with Crippen LogP contribution in [-0.2, 0) is 4.79 Å². The molecule has 0 fully saturated rings. The van der Waals surface area contributed by atoms with E-state index in [4.69, 9.17) is 23.2 Å². The molecule has 1 atom stereocenters. The van der Waals surface area contributed by atoms with Crippen LogP contribution in [0.2, 0.25) is 10.0 Å². The maximum Gasteiger partial charge on any atom is 0.262 e. The molecular weight excluding hydrogens is 385 g/mol. The number of benzene rings is 2. The van der Waals surface area contributed by atoms with Crippen molar-refractivity contribution in [3.05, 3.63) is 69.7 Å². The Morgan fingerprint density at radius 1 is 1.07 bits per heavy atom. The quantitative estimate of drug-likeness (QED) is 0.532. The average molecular weight is 406 g/mol. The van der Waals surface area contributed by atoms with Gasteiger partial charge in [0.2, 0.25) is 0 Å². The summed E-state index contributed by atoms with van der Waals surface area (Å²) < 4.78 is 0. The summed E-state index contributed by atoms with van der Waals surface area (Å²) in [4.78, 5) is 24.9. The number of amides is 2. The van der Waals surface area contributed by atoms with Gasteiger partial charge in [0.1, 0.15) is 6.04 Å². The molecule has 0 aliphatic carbocycles. The number of halogens is 2. The molecule has 0 aliphatic heterocycles. The predicted molar refractivity (Wildman–Crippen MR) is 109 cm³/mol. The third-order valence-electron chi connectivity index (χ3n) is 3.72. The lowest BCUT2D eigenvalue weighted by molar-refractivity contribution is -0.123. The first-order valence-electron chi connectivity index (χ1n) is 8.50. The van der Waals surface area contributed by atoms with Crippen molar-refractivity contribution in [2.75, 3.05) is 0 Å². The highest BCUT2D eigenvalue weighted by Crippen LogP contribution is 2.13. The molecule has 142 valence electrons. The van der Waals surface area contributed by atoms with Crippen molar-refractivity contribution < 1.29 is 9.59 Å². The zero-order valence-electron chi connectivity index (χ0n) is 15.1. The van der Waals surface area contributed by atoms with Gasteiger partial charge >= 0.3 is 0 Å². The Morgan fingerprint density at radius 3 is 2.37 bits per heavy atom. The van der Waals surface area contributed by atoms with Crippen molar-refractivity contribution in [1.82, 2.24) is 10.7 Å². The smallest absolute Gasteiger partial charge is 0.262 e. The molecule has 0 aromatic heterocycles. The predicted octanol–water partition coefficient (Wildman–Crippen LogP) is 4.29. The van der Waals surface area contributed by atoms with Crippen LogP contribution in [0.5, 0.6) is 0 Å². The van der Waals surface area contributed by atoms with E-state index in [1.165, 1.54) is 6.21 Å². The molecule has 2 N–H and O–H groups in total. The van der Waals surface area contributed by atoms with Crippen molar-refractivity contribution in [2.24, 2.45) is 11.0 Å². The second kappa shape index (κ2) is 10.1. The molecule has 7 heteroatoms.